The molecule has 1 aromatic heterocycles. The van der Waals surface area contributed by atoms with E-state index < -0.39 is 0 Å². The van der Waals surface area contributed by atoms with Crippen molar-refractivity contribution >= 4 is 5.82 Å². The van der Waals surface area contributed by atoms with Gasteiger partial charge >= 0.3 is 0 Å². The van der Waals surface area contributed by atoms with Crippen molar-refractivity contribution in [3.05, 3.63) is 23.9 Å². The molecule has 1 rings (SSSR count). The minimum absolute atomic E-state index is 0.356. The Labute approximate surface area is 105 Å². The van der Waals surface area contributed by atoms with Crippen molar-refractivity contribution in [3.63, 3.8) is 0 Å². The van der Waals surface area contributed by atoms with Gasteiger partial charge in [0.15, 0.2) is 0 Å². The molecular weight excluding hydrogens is 210 g/mol. The van der Waals surface area contributed by atoms with E-state index in [0.717, 1.165) is 18.7 Å². The number of pyridine rings is 1. The topological polar surface area (TPSA) is 28.2 Å². The SMILES string of the molecule is CCC(CC)N(C)c1ccc(C(C)NC)cn1. The van der Waals surface area contributed by atoms with Gasteiger partial charge in [0.2, 0.25) is 0 Å². The molecule has 96 valence electrons. The summed E-state index contributed by atoms with van der Waals surface area (Å²) >= 11 is 0. The molecule has 17 heavy (non-hydrogen) atoms. The summed E-state index contributed by atoms with van der Waals surface area (Å²) in [6.45, 7) is 6.59. The van der Waals surface area contributed by atoms with Crippen LogP contribution in [-0.2, 0) is 0 Å². The second-order valence-corrected chi connectivity index (χ2v) is 4.54. The summed E-state index contributed by atoms with van der Waals surface area (Å²) in [6, 6.07) is 5.20. The Morgan fingerprint density at radius 3 is 2.35 bits per heavy atom. The van der Waals surface area contributed by atoms with Crippen molar-refractivity contribution in [3.8, 4) is 0 Å². The Balaban J connectivity index is 2.79. The van der Waals surface area contributed by atoms with Gasteiger partial charge in [0.1, 0.15) is 5.82 Å². The van der Waals surface area contributed by atoms with Gasteiger partial charge in [-0.05, 0) is 38.4 Å². The molecule has 0 amide bonds. The number of nitrogens with zero attached hydrogens (tertiary/aromatic N) is 2. The first-order valence-corrected chi connectivity index (χ1v) is 6.50. The van der Waals surface area contributed by atoms with E-state index in [1.807, 2.05) is 13.2 Å². The maximum atomic E-state index is 4.55. The molecule has 3 nitrogen and oxygen atoms in total. The zero-order valence-electron chi connectivity index (χ0n) is 11.7. The monoisotopic (exact) mass is 235 g/mol. The van der Waals surface area contributed by atoms with Gasteiger partial charge in [-0.3, -0.25) is 0 Å². The lowest BCUT2D eigenvalue weighted by Crippen LogP contribution is -2.31. The van der Waals surface area contributed by atoms with Gasteiger partial charge < -0.3 is 10.2 Å². The van der Waals surface area contributed by atoms with Crippen molar-refractivity contribution in [2.75, 3.05) is 19.0 Å². The fraction of sp³-hybridized carbons (Fsp3) is 0.643. The molecular formula is C14H25N3. The molecule has 1 heterocycles. The highest BCUT2D eigenvalue weighted by Crippen LogP contribution is 2.18. The fourth-order valence-electron chi connectivity index (χ4n) is 2.05. The van der Waals surface area contributed by atoms with Crippen LogP contribution in [-0.4, -0.2) is 25.1 Å². The highest BCUT2D eigenvalue weighted by Gasteiger charge is 2.12. The van der Waals surface area contributed by atoms with Gasteiger partial charge in [0.25, 0.3) is 0 Å². The van der Waals surface area contributed by atoms with Gasteiger partial charge in [-0.15, -0.1) is 0 Å². The van der Waals surface area contributed by atoms with Crippen molar-refractivity contribution in [2.24, 2.45) is 0 Å². The highest BCUT2D eigenvalue weighted by molar-refractivity contribution is 5.40. The molecule has 0 spiro atoms. The normalized spacial score (nSPS) is 12.8. The quantitative estimate of drug-likeness (QED) is 0.821. The molecule has 0 aliphatic carbocycles. The third-order valence-corrected chi connectivity index (χ3v) is 3.56. The molecule has 1 N–H and O–H groups in total. The summed E-state index contributed by atoms with van der Waals surface area (Å²) in [4.78, 5) is 6.82. The second kappa shape index (κ2) is 6.60. The van der Waals surface area contributed by atoms with Crippen LogP contribution in [0.5, 0.6) is 0 Å². The molecule has 0 aromatic carbocycles. The summed E-state index contributed by atoms with van der Waals surface area (Å²) in [5.41, 5.74) is 1.23. The van der Waals surface area contributed by atoms with E-state index in [1.54, 1.807) is 0 Å². The number of rotatable bonds is 6. The summed E-state index contributed by atoms with van der Waals surface area (Å²) in [7, 11) is 4.09. The van der Waals surface area contributed by atoms with E-state index in [2.05, 4.69) is 55.2 Å². The summed E-state index contributed by atoms with van der Waals surface area (Å²) in [5.74, 6) is 1.06. The lowest BCUT2D eigenvalue weighted by molar-refractivity contribution is 0.586. The Hall–Kier alpha value is -1.09. The van der Waals surface area contributed by atoms with Crippen LogP contribution in [0.1, 0.15) is 45.2 Å². The van der Waals surface area contributed by atoms with E-state index in [4.69, 9.17) is 0 Å². The molecule has 0 aliphatic rings. The summed E-state index contributed by atoms with van der Waals surface area (Å²) in [5, 5.41) is 3.22. The molecule has 1 unspecified atom stereocenters. The lowest BCUT2D eigenvalue weighted by Gasteiger charge is -2.27. The predicted molar refractivity (Wildman–Crippen MR) is 74.5 cm³/mol. The van der Waals surface area contributed by atoms with Gasteiger partial charge in [-0.2, -0.15) is 0 Å². The molecule has 0 radical (unpaired) electrons. The van der Waals surface area contributed by atoms with Crippen LogP contribution >= 0.6 is 0 Å². The molecule has 1 atom stereocenters. The predicted octanol–water partition coefficient (Wildman–Crippen LogP) is 2.99. The van der Waals surface area contributed by atoms with Crippen molar-refractivity contribution in [1.82, 2.24) is 10.3 Å². The maximum Gasteiger partial charge on any atom is 0.128 e. The van der Waals surface area contributed by atoms with Gasteiger partial charge in [0, 0.05) is 25.3 Å². The summed E-state index contributed by atoms with van der Waals surface area (Å²) < 4.78 is 0. The van der Waals surface area contributed by atoms with E-state index in [0.29, 0.717) is 12.1 Å². The van der Waals surface area contributed by atoms with Crippen molar-refractivity contribution in [2.45, 2.75) is 45.7 Å². The zero-order chi connectivity index (χ0) is 12.8. The van der Waals surface area contributed by atoms with Crippen LogP contribution in [0.2, 0.25) is 0 Å². The van der Waals surface area contributed by atoms with Crippen LogP contribution < -0.4 is 10.2 Å². The first-order valence-electron chi connectivity index (χ1n) is 6.50. The number of aromatic nitrogens is 1. The van der Waals surface area contributed by atoms with Crippen LogP contribution in [0.15, 0.2) is 18.3 Å². The standard InChI is InChI=1S/C14H25N3/c1-6-13(7-2)17(5)14-9-8-12(10-16-14)11(3)15-4/h8-11,13,15H,6-7H2,1-5H3. The Kier molecular flexibility index (Phi) is 5.42. The van der Waals surface area contributed by atoms with Gasteiger partial charge in [-0.25, -0.2) is 4.98 Å². The number of hydrogen-bond acceptors (Lipinski definition) is 3. The molecule has 0 bridgehead atoms. The van der Waals surface area contributed by atoms with Crippen LogP contribution in [0.25, 0.3) is 0 Å². The van der Waals surface area contributed by atoms with Crippen LogP contribution in [0.3, 0.4) is 0 Å². The molecule has 0 saturated carbocycles. The molecule has 0 fully saturated rings. The zero-order valence-corrected chi connectivity index (χ0v) is 11.7. The Bertz CT molecular complexity index is 317. The second-order valence-electron chi connectivity index (χ2n) is 4.54. The van der Waals surface area contributed by atoms with Gasteiger partial charge in [0.05, 0.1) is 0 Å². The largest absolute Gasteiger partial charge is 0.357 e. The maximum absolute atomic E-state index is 4.55. The minimum Gasteiger partial charge on any atom is -0.357 e. The lowest BCUT2D eigenvalue weighted by atomic mass is 10.1. The third kappa shape index (κ3) is 3.43. The minimum atomic E-state index is 0.356. The van der Waals surface area contributed by atoms with Crippen LogP contribution in [0, 0.1) is 0 Å². The van der Waals surface area contributed by atoms with Crippen molar-refractivity contribution < 1.29 is 0 Å². The first-order chi connectivity index (χ1) is 8.13. The first kappa shape index (κ1) is 14.0. The summed E-state index contributed by atoms with van der Waals surface area (Å²) in [6.07, 6.45) is 4.28. The molecule has 0 aliphatic heterocycles. The fourth-order valence-corrected chi connectivity index (χ4v) is 2.05. The average molecular weight is 235 g/mol. The van der Waals surface area contributed by atoms with E-state index in [-0.39, 0.29) is 0 Å². The molecule has 0 saturated heterocycles. The number of hydrogen-bond donors (Lipinski definition) is 1. The Morgan fingerprint density at radius 2 is 1.94 bits per heavy atom. The van der Waals surface area contributed by atoms with E-state index in [1.165, 1.54) is 5.56 Å². The Morgan fingerprint density at radius 1 is 1.29 bits per heavy atom. The molecule has 1 aromatic rings. The average Bonchev–Trinajstić information content (AvgIpc) is 2.39. The van der Waals surface area contributed by atoms with Crippen molar-refractivity contribution in [1.29, 1.82) is 0 Å². The van der Waals surface area contributed by atoms with E-state index in [9.17, 15) is 0 Å². The third-order valence-electron chi connectivity index (χ3n) is 3.56. The van der Waals surface area contributed by atoms with E-state index >= 15 is 0 Å². The van der Waals surface area contributed by atoms with Crippen LogP contribution in [0.4, 0.5) is 5.82 Å². The number of anilines is 1. The van der Waals surface area contributed by atoms with Gasteiger partial charge in [-0.1, -0.05) is 19.9 Å². The number of nitrogens with one attached hydrogen (secondary N) is 1. The molecule has 3 heteroatoms. The highest BCUT2D eigenvalue weighted by atomic mass is 15.2. The smallest absolute Gasteiger partial charge is 0.128 e.